The molecule has 4 rings (SSSR count). The van der Waals surface area contributed by atoms with E-state index in [2.05, 4.69) is 10.3 Å². The van der Waals surface area contributed by atoms with Crippen molar-refractivity contribution < 1.29 is 14.5 Å². The number of nitro groups is 1. The second-order valence-electron chi connectivity index (χ2n) is 7.61. The van der Waals surface area contributed by atoms with Crippen molar-refractivity contribution in [2.24, 2.45) is 0 Å². The molecule has 0 radical (unpaired) electrons. The second-order valence-corrected chi connectivity index (χ2v) is 7.61. The van der Waals surface area contributed by atoms with Gasteiger partial charge in [-0.15, -0.1) is 0 Å². The quantitative estimate of drug-likeness (QED) is 0.361. The van der Waals surface area contributed by atoms with Crippen molar-refractivity contribution in [3.63, 3.8) is 0 Å². The summed E-state index contributed by atoms with van der Waals surface area (Å²) in [6, 6.07) is 14.9. The molecule has 32 heavy (non-hydrogen) atoms. The Bertz CT molecular complexity index is 1230. The lowest BCUT2D eigenvalue weighted by Gasteiger charge is -2.15. The fraction of sp³-hybridized carbons (Fsp3) is 0.125. The monoisotopic (exact) mass is 428 g/mol. The Balaban J connectivity index is 1.77. The van der Waals surface area contributed by atoms with Crippen molar-refractivity contribution in [1.29, 1.82) is 0 Å². The number of rotatable bonds is 6. The number of carbonyl (C=O) groups is 2. The van der Waals surface area contributed by atoms with Crippen LogP contribution in [0.2, 0.25) is 0 Å². The van der Waals surface area contributed by atoms with Crippen molar-refractivity contribution in [3.8, 4) is 0 Å². The molecule has 8 heteroatoms. The van der Waals surface area contributed by atoms with E-state index in [0.717, 1.165) is 16.0 Å². The summed E-state index contributed by atoms with van der Waals surface area (Å²) in [5, 5.41) is 14.1. The van der Waals surface area contributed by atoms with Crippen molar-refractivity contribution in [3.05, 3.63) is 105 Å². The third-order valence-electron chi connectivity index (χ3n) is 5.09. The largest absolute Gasteiger partial charge is 0.350 e. The smallest absolute Gasteiger partial charge is 0.278 e. The number of aryl methyl sites for hydroxylation is 2. The average molecular weight is 428 g/mol. The van der Waals surface area contributed by atoms with Gasteiger partial charge in [0.2, 0.25) is 0 Å². The van der Waals surface area contributed by atoms with E-state index < -0.39 is 16.7 Å². The van der Waals surface area contributed by atoms with E-state index in [9.17, 15) is 19.7 Å². The molecule has 0 unspecified atom stereocenters. The van der Waals surface area contributed by atoms with Crippen LogP contribution >= 0.6 is 0 Å². The van der Waals surface area contributed by atoms with Crippen LogP contribution in [0.5, 0.6) is 0 Å². The van der Waals surface area contributed by atoms with Gasteiger partial charge in [0.25, 0.3) is 17.5 Å². The van der Waals surface area contributed by atoms with Crippen molar-refractivity contribution >= 4 is 28.8 Å². The molecular weight excluding hydrogens is 408 g/mol. The van der Waals surface area contributed by atoms with Gasteiger partial charge in [0.1, 0.15) is 5.70 Å². The van der Waals surface area contributed by atoms with Crippen LogP contribution in [0.3, 0.4) is 0 Å². The number of aromatic nitrogens is 1. The van der Waals surface area contributed by atoms with Gasteiger partial charge in [-0.1, -0.05) is 12.1 Å². The van der Waals surface area contributed by atoms with E-state index in [1.807, 2.05) is 32.0 Å². The first-order chi connectivity index (χ1) is 15.3. The summed E-state index contributed by atoms with van der Waals surface area (Å²) in [7, 11) is 0. The maximum Gasteiger partial charge on any atom is 0.278 e. The Kier molecular flexibility index (Phi) is 5.51. The molecular formula is C24H20N4O4. The molecule has 0 fully saturated rings. The van der Waals surface area contributed by atoms with E-state index in [-0.39, 0.29) is 23.5 Å². The number of nitrogens with one attached hydrogen (secondary N) is 1. The number of amides is 2. The van der Waals surface area contributed by atoms with Crippen molar-refractivity contribution in [2.75, 3.05) is 5.32 Å². The highest BCUT2D eigenvalue weighted by Gasteiger charge is 2.39. The highest BCUT2D eigenvalue weighted by Crippen LogP contribution is 2.32. The number of pyridine rings is 1. The zero-order valence-corrected chi connectivity index (χ0v) is 17.5. The van der Waals surface area contributed by atoms with Gasteiger partial charge in [0.05, 0.1) is 17.0 Å². The lowest BCUT2D eigenvalue weighted by Crippen LogP contribution is -2.32. The summed E-state index contributed by atoms with van der Waals surface area (Å²) in [5.41, 5.74) is 4.05. The number of nitro benzene ring substituents is 1. The van der Waals surface area contributed by atoms with Crippen LogP contribution in [-0.2, 0) is 16.1 Å². The predicted octanol–water partition coefficient (Wildman–Crippen LogP) is 4.00. The molecule has 1 aromatic heterocycles. The zero-order chi connectivity index (χ0) is 22.8. The maximum absolute atomic E-state index is 13.3. The van der Waals surface area contributed by atoms with Crippen LogP contribution in [0.4, 0.5) is 11.4 Å². The number of non-ortho nitro benzene ring substituents is 1. The fourth-order valence-electron chi connectivity index (χ4n) is 3.72. The SMILES string of the molecule is Cc1cc(C)cc(NC2=C(c3ccc([N+](=O)[O-])cc3)C(=O)N(Cc3cccnc3)C2=O)c1. The van der Waals surface area contributed by atoms with Gasteiger partial charge in [-0.2, -0.15) is 0 Å². The summed E-state index contributed by atoms with van der Waals surface area (Å²) < 4.78 is 0. The van der Waals surface area contributed by atoms with E-state index >= 15 is 0 Å². The van der Waals surface area contributed by atoms with Gasteiger partial charge in [-0.25, -0.2) is 0 Å². The molecule has 0 saturated carbocycles. The molecule has 0 atom stereocenters. The molecule has 8 nitrogen and oxygen atoms in total. The Labute approximate surface area is 184 Å². The Morgan fingerprint density at radius 1 is 1.00 bits per heavy atom. The van der Waals surface area contributed by atoms with E-state index in [1.54, 1.807) is 24.5 Å². The zero-order valence-electron chi connectivity index (χ0n) is 17.5. The molecule has 2 aromatic carbocycles. The molecule has 0 aliphatic carbocycles. The van der Waals surface area contributed by atoms with Gasteiger partial charge in [-0.05, 0) is 66.4 Å². The van der Waals surface area contributed by atoms with Gasteiger partial charge < -0.3 is 5.32 Å². The number of anilines is 1. The number of benzene rings is 2. The number of carbonyl (C=O) groups excluding carboxylic acids is 2. The Hall–Kier alpha value is -4.33. The van der Waals surface area contributed by atoms with Crippen LogP contribution < -0.4 is 5.32 Å². The lowest BCUT2D eigenvalue weighted by molar-refractivity contribution is -0.384. The molecule has 0 bridgehead atoms. The van der Waals surface area contributed by atoms with Gasteiger partial charge in [-0.3, -0.25) is 29.6 Å². The predicted molar refractivity (Wildman–Crippen MR) is 119 cm³/mol. The molecule has 0 saturated heterocycles. The molecule has 3 aromatic rings. The summed E-state index contributed by atoms with van der Waals surface area (Å²) in [4.78, 5) is 42.3. The first-order valence-electron chi connectivity index (χ1n) is 9.93. The summed E-state index contributed by atoms with van der Waals surface area (Å²) in [5.74, 6) is -0.939. The topological polar surface area (TPSA) is 105 Å². The van der Waals surface area contributed by atoms with Crippen molar-refractivity contribution in [1.82, 2.24) is 9.88 Å². The van der Waals surface area contributed by atoms with Crippen LogP contribution in [0.15, 0.2) is 72.7 Å². The van der Waals surface area contributed by atoms with E-state index in [0.29, 0.717) is 16.8 Å². The number of hydrogen-bond acceptors (Lipinski definition) is 6. The lowest BCUT2D eigenvalue weighted by atomic mass is 10.0. The minimum atomic E-state index is -0.511. The fourth-order valence-corrected chi connectivity index (χ4v) is 3.72. The van der Waals surface area contributed by atoms with Crippen LogP contribution in [0, 0.1) is 24.0 Å². The normalized spacial score (nSPS) is 13.6. The first-order valence-corrected chi connectivity index (χ1v) is 9.93. The van der Waals surface area contributed by atoms with Gasteiger partial charge in [0, 0.05) is 30.2 Å². The third-order valence-corrected chi connectivity index (χ3v) is 5.09. The molecule has 1 N–H and O–H groups in total. The first kappa shape index (κ1) is 20.9. The highest BCUT2D eigenvalue weighted by atomic mass is 16.6. The third kappa shape index (κ3) is 4.11. The molecule has 160 valence electrons. The van der Waals surface area contributed by atoms with Crippen LogP contribution in [0.1, 0.15) is 22.3 Å². The molecule has 2 amide bonds. The molecule has 1 aliphatic heterocycles. The van der Waals surface area contributed by atoms with Gasteiger partial charge in [0.15, 0.2) is 0 Å². The maximum atomic E-state index is 13.3. The summed E-state index contributed by atoms with van der Waals surface area (Å²) in [6.45, 7) is 3.96. The molecule has 0 spiro atoms. The summed E-state index contributed by atoms with van der Waals surface area (Å²) >= 11 is 0. The second kappa shape index (κ2) is 8.43. The molecule has 2 heterocycles. The standard InChI is InChI=1S/C24H20N4O4/c1-15-10-16(2)12-19(11-15)26-22-21(18-5-7-20(8-6-18)28(31)32)23(29)27(24(22)30)14-17-4-3-9-25-13-17/h3-13,26H,14H2,1-2H3. The minimum absolute atomic E-state index is 0.0695. The van der Waals surface area contributed by atoms with Crippen molar-refractivity contribution in [2.45, 2.75) is 20.4 Å². The summed E-state index contributed by atoms with van der Waals surface area (Å²) in [6.07, 6.45) is 3.21. The minimum Gasteiger partial charge on any atom is -0.350 e. The van der Waals surface area contributed by atoms with E-state index in [4.69, 9.17) is 0 Å². The Morgan fingerprint density at radius 3 is 2.28 bits per heavy atom. The van der Waals surface area contributed by atoms with E-state index in [1.165, 1.54) is 24.3 Å². The molecule has 1 aliphatic rings. The number of imide groups is 1. The highest BCUT2D eigenvalue weighted by molar-refractivity contribution is 6.36. The van der Waals surface area contributed by atoms with Gasteiger partial charge >= 0.3 is 0 Å². The average Bonchev–Trinajstić information content (AvgIpc) is 2.98. The Morgan fingerprint density at radius 2 is 1.69 bits per heavy atom. The number of hydrogen-bond donors (Lipinski definition) is 1. The number of nitrogens with zero attached hydrogens (tertiary/aromatic N) is 3. The van der Waals surface area contributed by atoms with Crippen LogP contribution in [-0.4, -0.2) is 26.6 Å². The van der Waals surface area contributed by atoms with Crippen LogP contribution in [0.25, 0.3) is 5.57 Å².